The number of ketones is 2. The van der Waals surface area contributed by atoms with E-state index in [0.717, 1.165) is 11.6 Å². The molecule has 1 aliphatic heterocycles. The number of hydrogen-bond acceptors (Lipinski definition) is 6. The summed E-state index contributed by atoms with van der Waals surface area (Å²) >= 11 is 0. The van der Waals surface area contributed by atoms with E-state index in [1.807, 2.05) is 13.8 Å². The van der Waals surface area contributed by atoms with Crippen molar-refractivity contribution in [3.8, 4) is 5.75 Å². The number of Topliss-reactive ketones (excluding diaryl/α,β-unsaturated/α-hetero) is 1. The van der Waals surface area contributed by atoms with Gasteiger partial charge in [0.25, 0.3) is 0 Å². The van der Waals surface area contributed by atoms with Crippen LogP contribution in [0.3, 0.4) is 0 Å². The molecular formula is C18H18O6. The Hall–Kier alpha value is -2.47. The Balaban J connectivity index is 2.35. The average molecular weight is 330 g/mol. The van der Waals surface area contributed by atoms with Gasteiger partial charge in [-0.05, 0) is 31.9 Å². The molecule has 0 N–H and O–H groups in total. The second kappa shape index (κ2) is 5.87. The first-order chi connectivity index (χ1) is 11.3. The Morgan fingerprint density at radius 3 is 2.62 bits per heavy atom. The molecular weight excluding hydrogens is 312 g/mol. The van der Waals surface area contributed by atoms with E-state index in [9.17, 15) is 14.4 Å². The molecule has 1 aliphatic carbocycles. The number of carbonyl (C=O) groups excluding carboxylic acids is 3. The van der Waals surface area contributed by atoms with E-state index in [4.69, 9.17) is 14.2 Å². The zero-order valence-corrected chi connectivity index (χ0v) is 14.0. The Kier molecular flexibility index (Phi) is 4.01. The zero-order valence-electron chi connectivity index (χ0n) is 14.0. The van der Waals surface area contributed by atoms with Crippen LogP contribution in [0.15, 0.2) is 12.1 Å². The summed E-state index contributed by atoms with van der Waals surface area (Å²) in [4.78, 5) is 35.9. The lowest BCUT2D eigenvalue weighted by atomic mass is 9.84. The number of allylic oxidation sites excluding steroid dienone is 1. The number of hydrogen-bond donors (Lipinski definition) is 0. The predicted octanol–water partition coefficient (Wildman–Crippen LogP) is 2.39. The van der Waals surface area contributed by atoms with Gasteiger partial charge in [-0.25, -0.2) is 0 Å². The number of fused-ring (bicyclic) bond motifs is 2. The van der Waals surface area contributed by atoms with Crippen LogP contribution in [0.2, 0.25) is 0 Å². The fraction of sp³-hybridized carbons (Fsp3) is 0.389. The SMILES string of the molecule is COC1=CC(=O)C(=O)c2cc3c(c(OC(C)=O)c21)[C@@H](C)O[C@@H](C)C3. The minimum absolute atomic E-state index is 0.0393. The quantitative estimate of drug-likeness (QED) is 0.471. The van der Waals surface area contributed by atoms with Crippen LogP contribution in [-0.2, 0) is 25.5 Å². The zero-order chi connectivity index (χ0) is 17.6. The molecule has 1 heterocycles. The fourth-order valence-corrected chi connectivity index (χ4v) is 3.34. The Labute approximate surface area is 139 Å². The minimum Gasteiger partial charge on any atom is -0.496 e. The van der Waals surface area contributed by atoms with Gasteiger partial charge in [0.15, 0.2) is 0 Å². The molecule has 0 bridgehead atoms. The lowest BCUT2D eigenvalue weighted by Gasteiger charge is -2.32. The van der Waals surface area contributed by atoms with Crippen LogP contribution in [0, 0.1) is 0 Å². The van der Waals surface area contributed by atoms with Crippen LogP contribution in [0.4, 0.5) is 0 Å². The molecule has 1 aromatic rings. The summed E-state index contributed by atoms with van der Waals surface area (Å²) in [5.41, 5.74) is 2.10. The monoisotopic (exact) mass is 330 g/mol. The standard InChI is InChI=1S/C18H18O6/c1-8-5-11-6-12-16(14(22-4)7-13(20)17(12)21)18(24-10(3)19)15(11)9(2)23-8/h6-9H,5H2,1-4H3/t8-,9+/m0/s1. The number of rotatable bonds is 2. The molecule has 2 atom stereocenters. The van der Waals surface area contributed by atoms with Crippen molar-refractivity contribution >= 4 is 23.3 Å². The lowest BCUT2D eigenvalue weighted by molar-refractivity contribution is -0.132. The molecule has 2 aliphatic rings. The van der Waals surface area contributed by atoms with Crippen molar-refractivity contribution in [2.75, 3.05) is 7.11 Å². The van der Waals surface area contributed by atoms with Crippen molar-refractivity contribution in [2.24, 2.45) is 0 Å². The predicted molar refractivity (Wildman–Crippen MR) is 84.7 cm³/mol. The first-order valence-electron chi connectivity index (χ1n) is 7.71. The lowest BCUT2D eigenvalue weighted by Crippen LogP contribution is -2.27. The van der Waals surface area contributed by atoms with Crippen LogP contribution < -0.4 is 4.74 Å². The van der Waals surface area contributed by atoms with Crippen molar-refractivity contribution in [1.82, 2.24) is 0 Å². The van der Waals surface area contributed by atoms with Crippen molar-refractivity contribution in [2.45, 2.75) is 39.4 Å². The number of ether oxygens (including phenoxy) is 3. The first kappa shape index (κ1) is 16.4. The van der Waals surface area contributed by atoms with Crippen LogP contribution in [-0.4, -0.2) is 30.7 Å². The molecule has 0 spiro atoms. The summed E-state index contributed by atoms with van der Waals surface area (Å²) in [5, 5.41) is 0. The molecule has 3 rings (SSSR count). The maximum Gasteiger partial charge on any atom is 0.308 e. The number of benzene rings is 1. The normalized spacial score (nSPS) is 22.4. The maximum atomic E-state index is 12.3. The molecule has 126 valence electrons. The van der Waals surface area contributed by atoms with Crippen molar-refractivity contribution in [1.29, 1.82) is 0 Å². The van der Waals surface area contributed by atoms with Crippen molar-refractivity contribution in [3.05, 3.63) is 34.4 Å². The third-order valence-corrected chi connectivity index (χ3v) is 4.20. The summed E-state index contributed by atoms with van der Waals surface area (Å²) in [6, 6.07) is 1.69. The average Bonchev–Trinajstić information content (AvgIpc) is 2.49. The summed E-state index contributed by atoms with van der Waals surface area (Å²) in [5.74, 6) is -1.35. The van der Waals surface area contributed by atoms with Gasteiger partial charge >= 0.3 is 5.97 Å². The molecule has 0 saturated heterocycles. The highest BCUT2D eigenvalue weighted by molar-refractivity contribution is 6.50. The summed E-state index contributed by atoms with van der Waals surface area (Å²) in [7, 11) is 1.40. The van der Waals surface area contributed by atoms with E-state index in [1.54, 1.807) is 6.07 Å². The smallest absolute Gasteiger partial charge is 0.308 e. The molecule has 0 aromatic heterocycles. The minimum atomic E-state index is -0.652. The number of carbonyl (C=O) groups is 3. The van der Waals surface area contributed by atoms with Gasteiger partial charge in [-0.15, -0.1) is 0 Å². The molecule has 0 amide bonds. The van der Waals surface area contributed by atoms with E-state index < -0.39 is 17.5 Å². The summed E-state index contributed by atoms with van der Waals surface area (Å²) in [6.45, 7) is 5.08. The summed E-state index contributed by atoms with van der Waals surface area (Å²) < 4.78 is 16.5. The van der Waals surface area contributed by atoms with Crippen LogP contribution in [0.25, 0.3) is 5.76 Å². The van der Waals surface area contributed by atoms with Crippen LogP contribution in [0.5, 0.6) is 5.75 Å². The van der Waals surface area contributed by atoms with Gasteiger partial charge in [0.1, 0.15) is 11.5 Å². The van der Waals surface area contributed by atoms with E-state index in [-0.39, 0.29) is 29.3 Å². The van der Waals surface area contributed by atoms with E-state index >= 15 is 0 Å². The Morgan fingerprint density at radius 2 is 2.00 bits per heavy atom. The topological polar surface area (TPSA) is 78.9 Å². The molecule has 0 fully saturated rings. The van der Waals surface area contributed by atoms with Gasteiger partial charge in [-0.1, -0.05) is 0 Å². The highest BCUT2D eigenvalue weighted by Crippen LogP contribution is 2.44. The fourth-order valence-electron chi connectivity index (χ4n) is 3.34. The maximum absolute atomic E-state index is 12.3. The largest absolute Gasteiger partial charge is 0.496 e. The Bertz CT molecular complexity index is 789. The highest BCUT2D eigenvalue weighted by atomic mass is 16.5. The van der Waals surface area contributed by atoms with E-state index in [0.29, 0.717) is 17.5 Å². The van der Waals surface area contributed by atoms with Gasteiger partial charge in [0.2, 0.25) is 11.6 Å². The summed E-state index contributed by atoms with van der Waals surface area (Å²) in [6.07, 6.45) is 1.34. The van der Waals surface area contributed by atoms with Gasteiger partial charge in [-0.3, -0.25) is 14.4 Å². The van der Waals surface area contributed by atoms with Crippen molar-refractivity contribution in [3.63, 3.8) is 0 Å². The van der Waals surface area contributed by atoms with Crippen LogP contribution in [0.1, 0.15) is 53.9 Å². The molecule has 0 radical (unpaired) electrons. The van der Waals surface area contributed by atoms with E-state index in [2.05, 4.69) is 0 Å². The van der Waals surface area contributed by atoms with Gasteiger partial charge in [-0.2, -0.15) is 0 Å². The molecule has 1 aromatic carbocycles. The molecule has 0 unspecified atom stereocenters. The van der Waals surface area contributed by atoms with Gasteiger partial charge in [0.05, 0.1) is 24.9 Å². The second-order valence-electron chi connectivity index (χ2n) is 5.99. The molecule has 24 heavy (non-hydrogen) atoms. The number of methoxy groups -OCH3 is 1. The van der Waals surface area contributed by atoms with E-state index in [1.165, 1.54) is 14.0 Å². The molecule has 6 heteroatoms. The van der Waals surface area contributed by atoms with Gasteiger partial charge < -0.3 is 14.2 Å². The molecule has 6 nitrogen and oxygen atoms in total. The van der Waals surface area contributed by atoms with Crippen molar-refractivity contribution < 1.29 is 28.6 Å². The first-order valence-corrected chi connectivity index (χ1v) is 7.71. The Morgan fingerprint density at radius 1 is 1.29 bits per heavy atom. The highest BCUT2D eigenvalue weighted by Gasteiger charge is 2.36. The molecule has 0 saturated carbocycles. The second-order valence-corrected chi connectivity index (χ2v) is 5.99. The third-order valence-electron chi connectivity index (χ3n) is 4.20. The van der Waals surface area contributed by atoms with Crippen LogP contribution >= 0.6 is 0 Å². The van der Waals surface area contributed by atoms with Gasteiger partial charge in [0, 0.05) is 24.1 Å². The third kappa shape index (κ3) is 2.53. The number of esters is 1.